The highest BCUT2D eigenvalue weighted by Crippen LogP contribution is 2.30. The molecule has 1 aliphatic carbocycles. The van der Waals surface area contributed by atoms with Crippen LogP contribution in [-0.4, -0.2) is 42.0 Å². The molecule has 0 saturated heterocycles. The molecule has 5 aromatic rings. The molecule has 3 heterocycles. The molecule has 0 aliphatic heterocycles. The Morgan fingerprint density at radius 3 is 2.55 bits per heavy atom. The summed E-state index contributed by atoms with van der Waals surface area (Å²) in [4.78, 5) is 56.7. The van der Waals surface area contributed by atoms with Gasteiger partial charge in [-0.25, -0.2) is 19.2 Å². The van der Waals surface area contributed by atoms with Gasteiger partial charge >= 0.3 is 5.69 Å². The Bertz CT molecular complexity index is 1820. The predicted molar refractivity (Wildman–Crippen MR) is 147 cm³/mol. The van der Waals surface area contributed by atoms with Crippen LogP contribution in [0.2, 0.25) is 0 Å². The number of rotatable bonds is 8. The van der Waals surface area contributed by atoms with Crippen molar-refractivity contribution in [3.05, 3.63) is 116 Å². The quantitative estimate of drug-likeness (QED) is 0.324. The Balaban J connectivity index is 1.30. The highest BCUT2D eigenvalue weighted by Gasteiger charge is 2.26. The van der Waals surface area contributed by atoms with Crippen molar-refractivity contribution in [3.63, 3.8) is 0 Å². The van der Waals surface area contributed by atoms with E-state index in [1.807, 2.05) is 24.3 Å². The zero-order chi connectivity index (χ0) is 27.8. The fraction of sp³-hybridized carbons (Fsp3) is 0.241. The van der Waals surface area contributed by atoms with Gasteiger partial charge in [0.2, 0.25) is 0 Å². The fourth-order valence-corrected chi connectivity index (χ4v) is 4.69. The SMILES string of the molecule is CN(C(=O)c1cnccn1)c1ccc(Cc2nc3c([nH]2)c(=O)n(Cc2ccccc2F)c(=O)n3CC2CC2)cc1. The van der Waals surface area contributed by atoms with Gasteiger partial charge in [0.1, 0.15) is 22.9 Å². The van der Waals surface area contributed by atoms with E-state index in [0.717, 1.165) is 23.0 Å². The zero-order valence-corrected chi connectivity index (χ0v) is 21.7. The van der Waals surface area contributed by atoms with Crippen LogP contribution in [0, 0.1) is 11.7 Å². The predicted octanol–water partition coefficient (Wildman–Crippen LogP) is 3.14. The molecule has 1 amide bonds. The Kier molecular flexibility index (Phi) is 6.54. The van der Waals surface area contributed by atoms with Crippen LogP contribution in [0.15, 0.2) is 76.7 Å². The first-order valence-corrected chi connectivity index (χ1v) is 13.0. The van der Waals surface area contributed by atoms with Gasteiger partial charge in [-0.1, -0.05) is 30.3 Å². The van der Waals surface area contributed by atoms with Crippen LogP contribution in [0.5, 0.6) is 0 Å². The average Bonchev–Trinajstić information content (AvgIpc) is 3.71. The summed E-state index contributed by atoms with van der Waals surface area (Å²) in [5.41, 5.74) is 1.59. The highest BCUT2D eigenvalue weighted by atomic mass is 19.1. The van der Waals surface area contributed by atoms with Crippen molar-refractivity contribution < 1.29 is 9.18 Å². The number of hydrogen-bond donors (Lipinski definition) is 1. The number of H-pyrrole nitrogens is 1. The molecular weight excluding hydrogens is 513 g/mol. The second-order valence-corrected chi connectivity index (χ2v) is 10.00. The Hall–Kier alpha value is -4.93. The van der Waals surface area contributed by atoms with Gasteiger partial charge in [-0.05, 0) is 42.5 Å². The molecule has 10 nitrogen and oxygen atoms in total. The van der Waals surface area contributed by atoms with E-state index in [2.05, 4.69) is 19.9 Å². The number of anilines is 1. The third-order valence-electron chi connectivity index (χ3n) is 7.12. The summed E-state index contributed by atoms with van der Waals surface area (Å²) in [7, 11) is 1.66. The van der Waals surface area contributed by atoms with Crippen LogP contribution in [0.3, 0.4) is 0 Å². The summed E-state index contributed by atoms with van der Waals surface area (Å²) < 4.78 is 17.0. The van der Waals surface area contributed by atoms with Gasteiger partial charge in [0.25, 0.3) is 11.5 Å². The molecular formula is C29H26FN7O3. The van der Waals surface area contributed by atoms with E-state index in [1.54, 1.807) is 25.2 Å². The van der Waals surface area contributed by atoms with Crippen LogP contribution in [-0.2, 0) is 19.5 Å². The van der Waals surface area contributed by atoms with Crippen molar-refractivity contribution in [3.8, 4) is 0 Å². The van der Waals surface area contributed by atoms with Crippen LogP contribution >= 0.6 is 0 Å². The molecule has 11 heteroatoms. The Morgan fingerprint density at radius 1 is 1.07 bits per heavy atom. The van der Waals surface area contributed by atoms with Crippen molar-refractivity contribution >= 4 is 22.8 Å². The van der Waals surface area contributed by atoms with Crippen molar-refractivity contribution in [1.29, 1.82) is 0 Å². The molecule has 2 aromatic carbocycles. The number of aromatic nitrogens is 6. The summed E-state index contributed by atoms with van der Waals surface area (Å²) in [6, 6.07) is 13.5. The summed E-state index contributed by atoms with van der Waals surface area (Å²) in [6.45, 7) is 0.291. The lowest BCUT2D eigenvalue weighted by atomic mass is 10.1. The summed E-state index contributed by atoms with van der Waals surface area (Å²) >= 11 is 0. The lowest BCUT2D eigenvalue weighted by Crippen LogP contribution is -2.40. The second-order valence-electron chi connectivity index (χ2n) is 10.00. The molecule has 3 aromatic heterocycles. The van der Waals surface area contributed by atoms with Gasteiger partial charge < -0.3 is 9.88 Å². The topological polar surface area (TPSA) is 119 Å². The molecule has 0 atom stereocenters. The molecule has 1 fully saturated rings. The average molecular weight is 540 g/mol. The van der Waals surface area contributed by atoms with E-state index in [9.17, 15) is 18.8 Å². The second kappa shape index (κ2) is 10.3. The zero-order valence-electron chi connectivity index (χ0n) is 21.7. The van der Waals surface area contributed by atoms with Gasteiger partial charge in [0.05, 0.1) is 12.7 Å². The van der Waals surface area contributed by atoms with Gasteiger partial charge in [0.15, 0.2) is 5.65 Å². The smallest absolute Gasteiger partial charge is 0.333 e. The minimum atomic E-state index is -0.534. The van der Waals surface area contributed by atoms with Gasteiger partial charge in [-0.15, -0.1) is 0 Å². The van der Waals surface area contributed by atoms with Crippen molar-refractivity contribution in [2.75, 3.05) is 11.9 Å². The van der Waals surface area contributed by atoms with Gasteiger partial charge in [0, 0.05) is 43.7 Å². The number of aromatic amines is 1. The number of imidazole rings is 1. The minimum absolute atomic E-state index is 0.165. The number of hydrogen-bond acceptors (Lipinski definition) is 6. The number of fused-ring (bicyclic) bond motifs is 1. The molecule has 1 aliphatic rings. The summed E-state index contributed by atoms with van der Waals surface area (Å²) in [5, 5.41) is 0. The molecule has 202 valence electrons. The molecule has 0 radical (unpaired) electrons. The number of nitrogens with zero attached hydrogens (tertiary/aromatic N) is 6. The first-order chi connectivity index (χ1) is 19.4. The summed E-state index contributed by atoms with van der Waals surface area (Å²) in [5.74, 6) is 0.130. The standard InChI is InChI=1S/C29H26FN7O3/c1-35(27(38)23-15-31-12-13-32-23)21-10-8-18(9-11-21)14-24-33-25-26(34-24)36(16-19-6-7-19)29(40)37(28(25)39)17-20-4-2-3-5-22(20)30/h2-5,8-13,15,19H,6-7,14,16-17H2,1H3,(H,33,34). The lowest BCUT2D eigenvalue weighted by Gasteiger charge is -2.17. The van der Waals surface area contributed by atoms with Crippen molar-refractivity contribution in [2.45, 2.75) is 32.4 Å². The normalized spacial score (nSPS) is 13.1. The Labute approximate surface area is 227 Å². The molecule has 1 saturated carbocycles. The van der Waals surface area contributed by atoms with E-state index in [4.69, 9.17) is 0 Å². The number of nitrogens with one attached hydrogen (secondary N) is 1. The Morgan fingerprint density at radius 2 is 1.85 bits per heavy atom. The highest BCUT2D eigenvalue weighted by molar-refractivity contribution is 6.04. The molecule has 0 unspecified atom stereocenters. The maximum Gasteiger partial charge on any atom is 0.333 e. The molecule has 40 heavy (non-hydrogen) atoms. The van der Waals surface area contributed by atoms with Crippen LogP contribution in [0.1, 0.15) is 40.3 Å². The number of amides is 1. The van der Waals surface area contributed by atoms with Crippen LogP contribution in [0.25, 0.3) is 11.2 Å². The number of benzene rings is 2. The maximum absolute atomic E-state index is 14.4. The van der Waals surface area contributed by atoms with Crippen molar-refractivity contribution in [2.24, 2.45) is 5.92 Å². The first-order valence-electron chi connectivity index (χ1n) is 13.0. The van der Waals surface area contributed by atoms with E-state index in [1.165, 1.54) is 34.1 Å². The molecule has 0 bridgehead atoms. The number of halogens is 1. The maximum atomic E-state index is 14.4. The van der Waals surface area contributed by atoms with Crippen LogP contribution < -0.4 is 16.1 Å². The lowest BCUT2D eigenvalue weighted by molar-refractivity contribution is 0.0988. The monoisotopic (exact) mass is 539 g/mol. The van der Waals surface area contributed by atoms with Gasteiger partial charge in [-0.2, -0.15) is 0 Å². The summed E-state index contributed by atoms with van der Waals surface area (Å²) in [6.07, 6.45) is 6.79. The first kappa shape index (κ1) is 25.4. The van der Waals surface area contributed by atoms with Crippen LogP contribution in [0.4, 0.5) is 10.1 Å². The van der Waals surface area contributed by atoms with E-state index < -0.39 is 17.1 Å². The minimum Gasteiger partial charge on any atom is -0.336 e. The molecule has 6 rings (SSSR count). The number of carbonyl (C=O) groups is 1. The third-order valence-corrected chi connectivity index (χ3v) is 7.12. The fourth-order valence-electron chi connectivity index (χ4n) is 4.69. The largest absolute Gasteiger partial charge is 0.336 e. The van der Waals surface area contributed by atoms with E-state index >= 15 is 0 Å². The third kappa shape index (κ3) is 4.93. The molecule has 1 N–H and O–H groups in total. The van der Waals surface area contributed by atoms with Crippen molar-refractivity contribution in [1.82, 2.24) is 29.1 Å². The number of carbonyl (C=O) groups excluding carboxylic acids is 1. The molecule has 0 spiro atoms. The van der Waals surface area contributed by atoms with Gasteiger partial charge in [-0.3, -0.25) is 23.7 Å². The van der Waals surface area contributed by atoms with E-state index in [0.29, 0.717) is 36.0 Å². The van der Waals surface area contributed by atoms with E-state index in [-0.39, 0.29) is 29.2 Å².